The van der Waals surface area contributed by atoms with E-state index in [0.29, 0.717) is 28.1 Å². The van der Waals surface area contributed by atoms with Gasteiger partial charge in [-0.1, -0.05) is 66.7 Å². The molecule has 0 aliphatic carbocycles. The first-order chi connectivity index (χ1) is 12.7. The van der Waals surface area contributed by atoms with Crippen LogP contribution in [0.2, 0.25) is 0 Å². The minimum atomic E-state index is -1.02. The molecule has 26 heavy (non-hydrogen) atoms. The number of rotatable bonds is 4. The van der Waals surface area contributed by atoms with Crippen molar-refractivity contribution in [3.8, 4) is 11.5 Å². The number of fused-ring (bicyclic) bond motifs is 1. The fraction of sp³-hybridized carbons (Fsp3) is 0. The highest BCUT2D eigenvalue weighted by Crippen LogP contribution is 2.29. The third kappa shape index (κ3) is 3.00. The topological polar surface area (TPSA) is 63.3 Å². The van der Waals surface area contributed by atoms with Gasteiger partial charge in [0.25, 0.3) is 0 Å². The van der Waals surface area contributed by atoms with Gasteiger partial charge in [-0.3, -0.25) is 0 Å². The van der Waals surface area contributed by atoms with Crippen molar-refractivity contribution in [2.45, 2.75) is 0 Å². The molecule has 0 unspecified atom stereocenters. The molecule has 0 aliphatic rings. The summed E-state index contributed by atoms with van der Waals surface area (Å²) in [5.74, 6) is -0.714. The van der Waals surface area contributed by atoms with Crippen molar-refractivity contribution in [1.29, 1.82) is 0 Å². The number of para-hydroxylation sites is 2. The molecular formula is C22H15NO3. The Kier molecular flexibility index (Phi) is 4.07. The highest BCUT2D eigenvalue weighted by molar-refractivity contribution is 6.00. The normalized spacial score (nSPS) is 11.2. The van der Waals surface area contributed by atoms with Gasteiger partial charge in [-0.25, -0.2) is 9.78 Å². The summed E-state index contributed by atoms with van der Waals surface area (Å²) < 4.78 is 5.76. The number of benzene rings is 3. The number of carboxylic acids is 1. The quantitative estimate of drug-likeness (QED) is 0.507. The first-order valence-corrected chi connectivity index (χ1v) is 8.18. The van der Waals surface area contributed by atoms with Gasteiger partial charge in [-0.15, -0.1) is 0 Å². The Morgan fingerprint density at radius 1 is 0.885 bits per heavy atom. The lowest BCUT2D eigenvalue weighted by Crippen LogP contribution is -2.02. The lowest BCUT2D eigenvalue weighted by molar-refractivity contribution is 0.0697. The van der Waals surface area contributed by atoms with E-state index >= 15 is 0 Å². The second-order valence-electron chi connectivity index (χ2n) is 5.81. The Morgan fingerprint density at radius 2 is 1.65 bits per heavy atom. The molecule has 1 aromatic heterocycles. The molecule has 0 radical (unpaired) electrons. The first kappa shape index (κ1) is 15.8. The third-order valence-electron chi connectivity index (χ3n) is 4.09. The lowest BCUT2D eigenvalue weighted by Gasteiger charge is -2.06. The van der Waals surface area contributed by atoms with Crippen molar-refractivity contribution in [1.82, 2.24) is 4.98 Å². The maximum Gasteiger partial charge on any atom is 0.337 e. The van der Waals surface area contributed by atoms with Gasteiger partial charge in [0.1, 0.15) is 5.52 Å². The van der Waals surface area contributed by atoms with Crippen LogP contribution in [0, 0.1) is 0 Å². The maximum atomic E-state index is 11.9. The van der Waals surface area contributed by atoms with Gasteiger partial charge in [0.05, 0.1) is 11.1 Å². The molecular weight excluding hydrogens is 326 g/mol. The Hall–Kier alpha value is -3.66. The van der Waals surface area contributed by atoms with E-state index < -0.39 is 5.97 Å². The van der Waals surface area contributed by atoms with Crippen molar-refractivity contribution in [2.75, 3.05) is 0 Å². The van der Waals surface area contributed by atoms with Crippen LogP contribution in [0.5, 0.6) is 0 Å². The SMILES string of the molecule is O=C(O)c1c(C=Cc2ccccc2)cccc1-c1nc2ccccc2o1. The third-order valence-corrected chi connectivity index (χ3v) is 4.09. The number of hydrogen-bond acceptors (Lipinski definition) is 3. The van der Waals surface area contributed by atoms with Gasteiger partial charge in [-0.05, 0) is 29.3 Å². The Bertz CT molecular complexity index is 1080. The molecule has 0 bridgehead atoms. The van der Waals surface area contributed by atoms with Crippen LogP contribution in [0.15, 0.2) is 77.2 Å². The standard InChI is InChI=1S/C22H15NO3/c24-22(25)20-16(14-13-15-7-2-1-3-8-15)9-6-10-17(20)21-23-18-11-4-5-12-19(18)26-21/h1-14H,(H,24,25). The predicted octanol–water partition coefficient (Wildman–Crippen LogP) is 5.36. The zero-order chi connectivity index (χ0) is 17.9. The largest absolute Gasteiger partial charge is 0.478 e. The summed E-state index contributed by atoms with van der Waals surface area (Å²) in [7, 11) is 0. The van der Waals surface area contributed by atoms with E-state index in [4.69, 9.17) is 4.42 Å². The highest BCUT2D eigenvalue weighted by Gasteiger charge is 2.19. The second-order valence-corrected chi connectivity index (χ2v) is 5.81. The van der Waals surface area contributed by atoms with Crippen LogP contribution in [0.1, 0.15) is 21.5 Å². The highest BCUT2D eigenvalue weighted by atomic mass is 16.4. The first-order valence-electron chi connectivity index (χ1n) is 8.18. The maximum absolute atomic E-state index is 11.9. The van der Waals surface area contributed by atoms with Gasteiger partial charge in [-0.2, -0.15) is 0 Å². The average Bonchev–Trinajstić information content (AvgIpc) is 3.11. The number of aromatic nitrogens is 1. The molecule has 0 atom stereocenters. The minimum Gasteiger partial charge on any atom is -0.478 e. The van der Waals surface area contributed by atoms with Gasteiger partial charge >= 0.3 is 5.97 Å². The van der Waals surface area contributed by atoms with Crippen LogP contribution in [0.25, 0.3) is 34.7 Å². The monoisotopic (exact) mass is 341 g/mol. The van der Waals surface area contributed by atoms with E-state index in [-0.39, 0.29) is 5.56 Å². The fourth-order valence-corrected chi connectivity index (χ4v) is 2.86. The summed E-state index contributed by atoms with van der Waals surface area (Å²) in [6.07, 6.45) is 3.68. The molecule has 4 rings (SSSR count). The number of carboxylic acid groups (broad SMARTS) is 1. The molecule has 1 heterocycles. The van der Waals surface area contributed by atoms with Gasteiger partial charge in [0.15, 0.2) is 5.58 Å². The zero-order valence-corrected chi connectivity index (χ0v) is 13.8. The smallest absolute Gasteiger partial charge is 0.337 e. The van der Waals surface area contributed by atoms with E-state index in [0.717, 1.165) is 5.56 Å². The van der Waals surface area contributed by atoms with Crippen LogP contribution in [-0.2, 0) is 0 Å². The fourth-order valence-electron chi connectivity index (χ4n) is 2.86. The summed E-state index contributed by atoms with van der Waals surface area (Å²) in [5, 5.41) is 9.78. The molecule has 4 aromatic rings. The predicted molar refractivity (Wildman–Crippen MR) is 102 cm³/mol. The average molecular weight is 341 g/mol. The van der Waals surface area contributed by atoms with Crippen molar-refractivity contribution >= 4 is 29.2 Å². The number of hydrogen-bond donors (Lipinski definition) is 1. The van der Waals surface area contributed by atoms with Crippen LogP contribution in [-0.4, -0.2) is 16.1 Å². The number of oxazole rings is 1. The van der Waals surface area contributed by atoms with E-state index in [1.807, 2.05) is 60.7 Å². The van der Waals surface area contributed by atoms with E-state index in [2.05, 4.69) is 4.98 Å². The molecule has 0 amide bonds. The van der Waals surface area contributed by atoms with Crippen LogP contribution in [0.4, 0.5) is 0 Å². The molecule has 0 saturated heterocycles. The molecule has 126 valence electrons. The van der Waals surface area contributed by atoms with E-state index in [1.165, 1.54) is 0 Å². The molecule has 0 spiro atoms. The minimum absolute atomic E-state index is 0.172. The number of aromatic carboxylic acids is 1. The van der Waals surface area contributed by atoms with Crippen molar-refractivity contribution < 1.29 is 14.3 Å². The van der Waals surface area contributed by atoms with Gasteiger partial charge in [0.2, 0.25) is 5.89 Å². The van der Waals surface area contributed by atoms with Crippen molar-refractivity contribution in [3.05, 3.63) is 89.5 Å². The molecule has 4 heteroatoms. The van der Waals surface area contributed by atoms with Crippen LogP contribution >= 0.6 is 0 Å². The lowest BCUT2D eigenvalue weighted by atomic mass is 9.99. The van der Waals surface area contributed by atoms with Gasteiger partial charge < -0.3 is 9.52 Å². The van der Waals surface area contributed by atoms with Crippen molar-refractivity contribution in [2.24, 2.45) is 0 Å². The molecule has 0 aliphatic heterocycles. The van der Waals surface area contributed by atoms with Crippen molar-refractivity contribution in [3.63, 3.8) is 0 Å². The Morgan fingerprint density at radius 3 is 2.42 bits per heavy atom. The summed E-state index contributed by atoms with van der Waals surface area (Å²) in [4.78, 5) is 16.4. The summed E-state index contributed by atoms with van der Waals surface area (Å²) in [5.41, 5.74) is 3.56. The van der Waals surface area contributed by atoms with E-state index in [1.54, 1.807) is 24.3 Å². The summed E-state index contributed by atoms with van der Waals surface area (Å²) in [6, 6.07) is 22.4. The molecule has 0 saturated carbocycles. The molecule has 0 fully saturated rings. The van der Waals surface area contributed by atoms with E-state index in [9.17, 15) is 9.90 Å². The number of carbonyl (C=O) groups is 1. The Labute approximate surface area is 150 Å². The summed E-state index contributed by atoms with van der Waals surface area (Å²) in [6.45, 7) is 0. The number of nitrogens with zero attached hydrogens (tertiary/aromatic N) is 1. The zero-order valence-electron chi connectivity index (χ0n) is 13.8. The second kappa shape index (κ2) is 6.69. The van der Waals surface area contributed by atoms with Gasteiger partial charge in [0, 0.05) is 0 Å². The molecule has 1 N–H and O–H groups in total. The Balaban J connectivity index is 1.83. The molecule has 4 nitrogen and oxygen atoms in total. The van der Waals surface area contributed by atoms with Crippen LogP contribution < -0.4 is 0 Å². The van der Waals surface area contributed by atoms with Crippen LogP contribution in [0.3, 0.4) is 0 Å². The molecule has 3 aromatic carbocycles. The summed E-state index contributed by atoms with van der Waals surface area (Å²) >= 11 is 0.